The van der Waals surface area contributed by atoms with E-state index in [9.17, 15) is 0 Å². The third-order valence-corrected chi connectivity index (χ3v) is 6.44. The molecular weight excluding hydrogens is 380 g/mol. The maximum absolute atomic E-state index is 6.54. The molecule has 4 unspecified atom stereocenters. The smallest absolute Gasteiger partial charge is 0.101 e. The SMILES string of the molecule is CC1CCC(OC(C)(CBr)c2ccccc2Br)CC1C. The summed E-state index contributed by atoms with van der Waals surface area (Å²) in [6, 6.07) is 8.37. The molecule has 1 nitrogen and oxygen atoms in total. The van der Waals surface area contributed by atoms with Gasteiger partial charge in [-0.05, 0) is 49.7 Å². The molecule has 1 aromatic carbocycles. The van der Waals surface area contributed by atoms with E-state index in [0.29, 0.717) is 6.10 Å². The Balaban J connectivity index is 2.14. The molecule has 0 heterocycles. The van der Waals surface area contributed by atoms with Crippen molar-refractivity contribution in [2.45, 2.75) is 51.7 Å². The predicted molar refractivity (Wildman–Crippen MR) is 92.3 cm³/mol. The van der Waals surface area contributed by atoms with Crippen molar-refractivity contribution in [2.75, 3.05) is 5.33 Å². The van der Waals surface area contributed by atoms with E-state index in [-0.39, 0.29) is 5.60 Å². The molecule has 0 aliphatic heterocycles. The molecule has 0 spiro atoms. The van der Waals surface area contributed by atoms with Gasteiger partial charge in [0.1, 0.15) is 5.60 Å². The highest BCUT2D eigenvalue weighted by atomic mass is 79.9. The lowest BCUT2D eigenvalue weighted by atomic mass is 9.80. The third kappa shape index (κ3) is 3.66. The largest absolute Gasteiger partial charge is 0.366 e. The van der Waals surface area contributed by atoms with Crippen molar-refractivity contribution in [3.8, 4) is 0 Å². The summed E-state index contributed by atoms with van der Waals surface area (Å²) in [5.41, 5.74) is 0.952. The molecule has 0 radical (unpaired) electrons. The third-order valence-electron chi connectivity index (χ3n) is 4.68. The van der Waals surface area contributed by atoms with Crippen LogP contribution in [0.2, 0.25) is 0 Å². The summed E-state index contributed by atoms with van der Waals surface area (Å²) < 4.78 is 7.66. The highest BCUT2D eigenvalue weighted by Crippen LogP contribution is 2.39. The van der Waals surface area contributed by atoms with Gasteiger partial charge in [-0.2, -0.15) is 0 Å². The van der Waals surface area contributed by atoms with Crippen LogP contribution in [-0.4, -0.2) is 11.4 Å². The van der Waals surface area contributed by atoms with Crippen LogP contribution in [0.15, 0.2) is 28.7 Å². The normalized spacial score (nSPS) is 29.9. The second-order valence-corrected chi connectivity index (χ2v) is 7.77. The van der Waals surface area contributed by atoms with Gasteiger partial charge in [0.15, 0.2) is 0 Å². The van der Waals surface area contributed by atoms with Crippen molar-refractivity contribution < 1.29 is 4.74 Å². The van der Waals surface area contributed by atoms with Crippen LogP contribution in [0.5, 0.6) is 0 Å². The van der Waals surface area contributed by atoms with Crippen molar-refractivity contribution in [3.63, 3.8) is 0 Å². The van der Waals surface area contributed by atoms with E-state index >= 15 is 0 Å². The Hall–Kier alpha value is 0.140. The van der Waals surface area contributed by atoms with Crippen molar-refractivity contribution in [2.24, 2.45) is 11.8 Å². The fraction of sp³-hybridized carbons (Fsp3) is 0.647. The fourth-order valence-electron chi connectivity index (χ4n) is 3.03. The Morgan fingerprint density at radius 1 is 1.20 bits per heavy atom. The van der Waals surface area contributed by atoms with E-state index in [1.54, 1.807) is 0 Å². The maximum Gasteiger partial charge on any atom is 0.101 e. The van der Waals surface area contributed by atoms with Gasteiger partial charge in [0.05, 0.1) is 6.10 Å². The Labute approximate surface area is 139 Å². The summed E-state index contributed by atoms with van der Waals surface area (Å²) in [6.07, 6.45) is 4.00. The number of rotatable bonds is 4. The zero-order valence-electron chi connectivity index (χ0n) is 12.5. The quantitative estimate of drug-likeness (QED) is 0.568. The molecule has 2 rings (SSSR count). The van der Waals surface area contributed by atoms with Gasteiger partial charge in [-0.1, -0.05) is 63.9 Å². The molecule has 0 saturated heterocycles. The summed E-state index contributed by atoms with van der Waals surface area (Å²) in [5, 5.41) is 0.809. The van der Waals surface area contributed by atoms with Crippen molar-refractivity contribution >= 4 is 31.9 Å². The summed E-state index contributed by atoms with van der Waals surface area (Å²) in [6.45, 7) is 6.90. The lowest BCUT2D eigenvalue weighted by Crippen LogP contribution is -2.37. The zero-order chi connectivity index (χ0) is 14.8. The van der Waals surface area contributed by atoms with Crippen LogP contribution in [-0.2, 0) is 10.3 Å². The summed E-state index contributed by atoms with van der Waals surface area (Å²) >= 11 is 7.31. The van der Waals surface area contributed by atoms with Crippen molar-refractivity contribution in [1.29, 1.82) is 0 Å². The van der Waals surface area contributed by atoms with E-state index in [1.807, 2.05) is 6.07 Å². The standard InChI is InChI=1S/C17H24Br2O/c1-12-8-9-14(10-13(12)2)20-17(3,11-18)15-6-4-5-7-16(15)19/h4-7,12-14H,8-11H2,1-3H3. The van der Waals surface area contributed by atoms with Crippen LogP contribution in [0.1, 0.15) is 45.6 Å². The second kappa shape index (κ2) is 6.93. The lowest BCUT2D eigenvalue weighted by molar-refractivity contribution is -0.0977. The number of benzene rings is 1. The number of alkyl halides is 1. The highest BCUT2D eigenvalue weighted by Gasteiger charge is 2.34. The number of hydrogen-bond acceptors (Lipinski definition) is 1. The average molecular weight is 404 g/mol. The van der Waals surface area contributed by atoms with E-state index in [1.165, 1.54) is 24.8 Å². The Morgan fingerprint density at radius 3 is 2.50 bits per heavy atom. The van der Waals surface area contributed by atoms with Gasteiger partial charge in [-0.25, -0.2) is 0 Å². The molecule has 20 heavy (non-hydrogen) atoms. The molecule has 112 valence electrons. The minimum atomic E-state index is -0.273. The van der Waals surface area contributed by atoms with Gasteiger partial charge in [-0.15, -0.1) is 0 Å². The molecule has 1 aromatic rings. The van der Waals surface area contributed by atoms with E-state index in [4.69, 9.17) is 4.74 Å². The van der Waals surface area contributed by atoms with Gasteiger partial charge in [-0.3, -0.25) is 0 Å². The van der Waals surface area contributed by atoms with Crippen molar-refractivity contribution in [3.05, 3.63) is 34.3 Å². The monoisotopic (exact) mass is 402 g/mol. The van der Waals surface area contributed by atoms with Crippen molar-refractivity contribution in [1.82, 2.24) is 0 Å². The summed E-state index contributed by atoms with van der Waals surface area (Å²) in [5.74, 6) is 1.58. The summed E-state index contributed by atoms with van der Waals surface area (Å²) in [7, 11) is 0. The van der Waals surface area contributed by atoms with Gasteiger partial charge in [0, 0.05) is 9.80 Å². The van der Waals surface area contributed by atoms with Gasteiger partial charge >= 0.3 is 0 Å². The van der Waals surface area contributed by atoms with Gasteiger partial charge in [0.2, 0.25) is 0 Å². The first kappa shape index (κ1) is 16.5. The molecule has 3 heteroatoms. The zero-order valence-corrected chi connectivity index (χ0v) is 15.7. The molecule has 1 aliphatic carbocycles. The molecule has 1 fully saturated rings. The second-order valence-electron chi connectivity index (χ2n) is 6.35. The molecule has 0 N–H and O–H groups in total. The molecule has 4 atom stereocenters. The maximum atomic E-state index is 6.54. The molecule has 0 amide bonds. The Kier molecular flexibility index (Phi) is 5.72. The molecule has 0 bridgehead atoms. The lowest BCUT2D eigenvalue weighted by Gasteiger charge is -2.39. The molecule has 1 saturated carbocycles. The summed E-state index contributed by atoms with van der Waals surface area (Å²) in [4.78, 5) is 0. The minimum absolute atomic E-state index is 0.273. The Bertz CT molecular complexity index is 448. The number of hydrogen-bond donors (Lipinski definition) is 0. The highest BCUT2D eigenvalue weighted by molar-refractivity contribution is 9.10. The Morgan fingerprint density at radius 2 is 1.90 bits per heavy atom. The van der Waals surface area contributed by atoms with E-state index in [0.717, 1.165) is 21.6 Å². The average Bonchev–Trinajstić information content (AvgIpc) is 2.43. The van der Waals surface area contributed by atoms with Gasteiger partial charge < -0.3 is 4.74 Å². The van der Waals surface area contributed by atoms with Crippen LogP contribution in [0, 0.1) is 11.8 Å². The first-order valence-electron chi connectivity index (χ1n) is 7.45. The van der Waals surface area contributed by atoms with Gasteiger partial charge in [0.25, 0.3) is 0 Å². The van der Waals surface area contributed by atoms with Crippen LogP contribution >= 0.6 is 31.9 Å². The molecule has 1 aliphatic rings. The molecular formula is C17H24Br2O. The van der Waals surface area contributed by atoms with Crippen LogP contribution in [0.25, 0.3) is 0 Å². The van der Waals surface area contributed by atoms with Crippen LogP contribution < -0.4 is 0 Å². The van der Waals surface area contributed by atoms with E-state index < -0.39 is 0 Å². The fourth-order valence-corrected chi connectivity index (χ4v) is 4.17. The number of ether oxygens (including phenoxy) is 1. The first-order chi connectivity index (χ1) is 9.46. The first-order valence-corrected chi connectivity index (χ1v) is 9.36. The predicted octanol–water partition coefficient (Wildman–Crippen LogP) is 5.90. The van der Waals surface area contributed by atoms with Crippen LogP contribution in [0.3, 0.4) is 0 Å². The molecule has 0 aromatic heterocycles. The minimum Gasteiger partial charge on any atom is -0.366 e. The number of halogens is 2. The topological polar surface area (TPSA) is 9.23 Å². The van der Waals surface area contributed by atoms with E-state index in [2.05, 4.69) is 70.8 Å². The van der Waals surface area contributed by atoms with Crippen LogP contribution in [0.4, 0.5) is 0 Å².